The molecule has 1 atom stereocenters. The van der Waals surface area contributed by atoms with Crippen LogP contribution in [-0.4, -0.2) is 25.0 Å². The van der Waals surface area contributed by atoms with Gasteiger partial charge in [0.1, 0.15) is 0 Å². The summed E-state index contributed by atoms with van der Waals surface area (Å²) in [7, 11) is 0. The van der Waals surface area contributed by atoms with Crippen LogP contribution >= 0.6 is 11.3 Å². The van der Waals surface area contributed by atoms with E-state index in [9.17, 15) is 9.59 Å². The minimum absolute atomic E-state index is 0.134. The Balaban J connectivity index is 1.57. The van der Waals surface area contributed by atoms with Gasteiger partial charge in [-0.15, -0.1) is 11.3 Å². The number of urea groups is 1. The molecule has 0 aliphatic carbocycles. The predicted octanol–water partition coefficient (Wildman–Crippen LogP) is 3.72. The smallest absolute Gasteiger partial charge is 0.312 e. The number of hydrogen-bond donors (Lipinski definition) is 3. The Hall–Kier alpha value is -2.54. The van der Waals surface area contributed by atoms with Crippen LogP contribution < -0.4 is 21.3 Å². The third kappa shape index (κ3) is 5.47. The molecular weight excluding hydrogens is 360 g/mol. The summed E-state index contributed by atoms with van der Waals surface area (Å²) in [6.45, 7) is 4.45. The summed E-state index contributed by atoms with van der Waals surface area (Å²) < 4.78 is 0. The summed E-state index contributed by atoms with van der Waals surface area (Å²) in [4.78, 5) is 26.9. The number of nitrogens with zero attached hydrogens (tertiary/aromatic N) is 1. The molecule has 144 valence electrons. The van der Waals surface area contributed by atoms with Crippen molar-refractivity contribution in [3.63, 3.8) is 0 Å². The Kier molecular flexibility index (Phi) is 6.34. The van der Waals surface area contributed by atoms with Gasteiger partial charge >= 0.3 is 6.03 Å². The number of piperidine rings is 1. The first-order valence-corrected chi connectivity index (χ1v) is 10.1. The molecule has 2 aromatic rings. The van der Waals surface area contributed by atoms with Crippen LogP contribution in [0.25, 0.3) is 0 Å². The first-order chi connectivity index (χ1) is 13.0. The fourth-order valence-corrected chi connectivity index (χ4v) is 4.08. The molecule has 4 N–H and O–H groups in total. The summed E-state index contributed by atoms with van der Waals surface area (Å²) >= 11 is 1.48. The van der Waals surface area contributed by atoms with Gasteiger partial charge in [0.15, 0.2) is 0 Å². The Morgan fingerprint density at radius 2 is 1.93 bits per heavy atom. The van der Waals surface area contributed by atoms with Crippen molar-refractivity contribution < 1.29 is 9.59 Å². The van der Waals surface area contributed by atoms with Crippen LogP contribution in [0.15, 0.2) is 41.8 Å². The van der Waals surface area contributed by atoms with Crippen molar-refractivity contribution in [2.24, 2.45) is 11.7 Å². The van der Waals surface area contributed by atoms with Crippen LogP contribution in [0.5, 0.6) is 0 Å². The van der Waals surface area contributed by atoms with Crippen molar-refractivity contribution in [1.82, 2.24) is 5.32 Å². The molecule has 1 fully saturated rings. The first-order valence-electron chi connectivity index (χ1n) is 9.25. The highest BCUT2D eigenvalue weighted by Crippen LogP contribution is 2.25. The fourth-order valence-electron chi connectivity index (χ4n) is 3.30. The molecule has 2 heterocycles. The summed E-state index contributed by atoms with van der Waals surface area (Å²) in [5.74, 6) is 0.631. The van der Waals surface area contributed by atoms with Crippen molar-refractivity contribution in [3.8, 4) is 0 Å². The largest absolute Gasteiger partial charge is 0.372 e. The van der Waals surface area contributed by atoms with E-state index in [0.29, 0.717) is 0 Å². The van der Waals surface area contributed by atoms with Crippen LogP contribution in [0, 0.1) is 5.92 Å². The van der Waals surface area contributed by atoms with Gasteiger partial charge in [0, 0.05) is 29.3 Å². The second-order valence-corrected chi connectivity index (χ2v) is 8.02. The Bertz CT molecular complexity index is 753. The van der Waals surface area contributed by atoms with E-state index in [-0.39, 0.29) is 12.3 Å². The molecule has 3 amide bonds. The minimum Gasteiger partial charge on any atom is -0.372 e. The van der Waals surface area contributed by atoms with Gasteiger partial charge in [0.2, 0.25) is 5.91 Å². The molecular formula is C20H26N4O2S. The van der Waals surface area contributed by atoms with Crippen molar-refractivity contribution in [1.29, 1.82) is 0 Å². The van der Waals surface area contributed by atoms with E-state index in [1.165, 1.54) is 29.9 Å². The molecule has 0 radical (unpaired) electrons. The highest BCUT2D eigenvalue weighted by molar-refractivity contribution is 7.10. The highest BCUT2D eigenvalue weighted by atomic mass is 32.1. The minimum atomic E-state index is -0.638. The molecule has 3 rings (SSSR count). The van der Waals surface area contributed by atoms with Gasteiger partial charge in [-0.3, -0.25) is 4.79 Å². The third-order valence-corrected chi connectivity index (χ3v) is 5.88. The number of hydrogen-bond acceptors (Lipinski definition) is 4. The number of thiophene rings is 1. The standard InChI is InChI=1S/C20H26N4O2S/c1-14-8-10-24(11-9-14)16-6-4-15(5-7-16)22-19(25)13-17(23-20(21)26)18-3-2-12-27-18/h2-7,12,14,17H,8-11,13H2,1H3,(H,22,25)(H3,21,23,26). The monoisotopic (exact) mass is 386 g/mol. The van der Waals surface area contributed by atoms with E-state index in [2.05, 4.69) is 22.5 Å². The lowest BCUT2D eigenvalue weighted by molar-refractivity contribution is -0.116. The number of primary amides is 1. The second kappa shape index (κ2) is 8.90. The van der Waals surface area contributed by atoms with Gasteiger partial charge in [-0.05, 0) is 54.5 Å². The van der Waals surface area contributed by atoms with Crippen molar-refractivity contribution in [2.75, 3.05) is 23.3 Å². The third-order valence-electron chi connectivity index (χ3n) is 4.89. The molecule has 1 aromatic carbocycles. The van der Waals surface area contributed by atoms with E-state index >= 15 is 0 Å². The number of carbonyl (C=O) groups is 2. The van der Waals surface area contributed by atoms with Gasteiger partial charge in [0.05, 0.1) is 12.5 Å². The number of nitrogens with two attached hydrogens (primary N) is 1. The van der Waals surface area contributed by atoms with Crippen molar-refractivity contribution >= 4 is 34.6 Å². The molecule has 6 nitrogen and oxygen atoms in total. The molecule has 27 heavy (non-hydrogen) atoms. The van der Waals surface area contributed by atoms with E-state index in [1.807, 2.05) is 41.8 Å². The van der Waals surface area contributed by atoms with Crippen molar-refractivity contribution in [2.45, 2.75) is 32.2 Å². The zero-order valence-corrected chi connectivity index (χ0v) is 16.3. The van der Waals surface area contributed by atoms with Gasteiger partial charge in [-0.1, -0.05) is 13.0 Å². The molecule has 0 bridgehead atoms. The number of benzene rings is 1. The fraction of sp³-hybridized carbons (Fsp3) is 0.400. The first kappa shape index (κ1) is 19.2. The summed E-state index contributed by atoms with van der Waals surface area (Å²) in [5.41, 5.74) is 7.18. The summed E-state index contributed by atoms with van der Waals surface area (Å²) in [6, 6.07) is 10.6. The molecule has 0 spiro atoms. The maximum absolute atomic E-state index is 12.4. The summed E-state index contributed by atoms with van der Waals surface area (Å²) in [5, 5.41) is 7.44. The number of rotatable bonds is 6. The predicted molar refractivity (Wildman–Crippen MR) is 110 cm³/mol. The normalized spacial score (nSPS) is 16.0. The Labute approximate surface area is 163 Å². The average molecular weight is 387 g/mol. The molecule has 1 aliphatic heterocycles. The lowest BCUT2D eigenvalue weighted by Crippen LogP contribution is -2.34. The topological polar surface area (TPSA) is 87.5 Å². The Morgan fingerprint density at radius 1 is 1.22 bits per heavy atom. The average Bonchev–Trinajstić information content (AvgIpc) is 3.17. The zero-order chi connectivity index (χ0) is 19.2. The van der Waals surface area contributed by atoms with E-state index in [0.717, 1.165) is 29.6 Å². The van der Waals surface area contributed by atoms with Crippen LogP contribution in [0.1, 0.15) is 37.1 Å². The Morgan fingerprint density at radius 3 is 2.52 bits per heavy atom. The lowest BCUT2D eigenvalue weighted by Gasteiger charge is -2.32. The van der Waals surface area contributed by atoms with Gasteiger partial charge in [-0.2, -0.15) is 0 Å². The molecule has 1 saturated heterocycles. The number of anilines is 2. The van der Waals surface area contributed by atoms with E-state index < -0.39 is 12.1 Å². The second-order valence-electron chi connectivity index (χ2n) is 7.05. The summed E-state index contributed by atoms with van der Waals surface area (Å²) in [6.07, 6.45) is 2.57. The quantitative estimate of drug-likeness (QED) is 0.707. The molecule has 1 aromatic heterocycles. The maximum Gasteiger partial charge on any atom is 0.312 e. The van der Waals surface area contributed by atoms with Gasteiger partial charge < -0.3 is 21.3 Å². The van der Waals surface area contributed by atoms with Crippen LogP contribution in [-0.2, 0) is 4.79 Å². The maximum atomic E-state index is 12.4. The van der Waals surface area contributed by atoms with Crippen LogP contribution in [0.3, 0.4) is 0 Å². The van der Waals surface area contributed by atoms with Gasteiger partial charge in [0.25, 0.3) is 0 Å². The zero-order valence-electron chi connectivity index (χ0n) is 15.5. The van der Waals surface area contributed by atoms with Crippen LogP contribution in [0.2, 0.25) is 0 Å². The van der Waals surface area contributed by atoms with Crippen LogP contribution in [0.4, 0.5) is 16.2 Å². The molecule has 0 saturated carbocycles. The van der Waals surface area contributed by atoms with E-state index in [4.69, 9.17) is 5.73 Å². The molecule has 1 unspecified atom stereocenters. The number of nitrogens with one attached hydrogen (secondary N) is 2. The van der Waals surface area contributed by atoms with Gasteiger partial charge in [-0.25, -0.2) is 4.79 Å². The SMILES string of the molecule is CC1CCN(c2ccc(NC(=O)CC(NC(N)=O)c3cccs3)cc2)CC1. The highest BCUT2D eigenvalue weighted by Gasteiger charge is 2.19. The number of carbonyl (C=O) groups excluding carboxylic acids is 2. The molecule has 7 heteroatoms. The van der Waals surface area contributed by atoms with E-state index in [1.54, 1.807) is 0 Å². The van der Waals surface area contributed by atoms with Crippen molar-refractivity contribution in [3.05, 3.63) is 46.7 Å². The molecule has 1 aliphatic rings. The lowest BCUT2D eigenvalue weighted by atomic mass is 9.99. The number of amides is 3.